The number of nitrogens with zero attached hydrogens (tertiary/aromatic N) is 2. The van der Waals surface area contributed by atoms with Crippen molar-refractivity contribution in [3.05, 3.63) is 50.1 Å². The lowest BCUT2D eigenvalue weighted by atomic mass is 10.1. The third-order valence-electron chi connectivity index (χ3n) is 3.59. The minimum Gasteiger partial charge on any atom is -0.493 e. The Morgan fingerprint density at radius 3 is 2.57 bits per heavy atom. The maximum Gasteiger partial charge on any atom is 0.340 e. The second kappa shape index (κ2) is 9.00. The number of benzene rings is 1. The Labute approximate surface area is 173 Å². The highest BCUT2D eigenvalue weighted by Gasteiger charge is 2.21. The SMILES string of the molecule is COc1cc(NC(=O)c2cccs2)c(C(=O)OCc2nnsc2Cl)cc1OC. The van der Waals surface area contributed by atoms with Crippen molar-refractivity contribution in [1.82, 2.24) is 9.59 Å². The predicted molar refractivity (Wildman–Crippen MR) is 106 cm³/mol. The van der Waals surface area contributed by atoms with Gasteiger partial charge in [0.05, 0.1) is 30.3 Å². The number of halogens is 1. The predicted octanol–water partition coefficient (Wildman–Crippen LogP) is 3.88. The van der Waals surface area contributed by atoms with Crippen molar-refractivity contribution < 1.29 is 23.8 Å². The summed E-state index contributed by atoms with van der Waals surface area (Å²) in [5.41, 5.74) is 0.676. The summed E-state index contributed by atoms with van der Waals surface area (Å²) in [6.07, 6.45) is 0. The van der Waals surface area contributed by atoms with Gasteiger partial charge in [0.15, 0.2) is 11.5 Å². The Hall–Kier alpha value is -2.69. The first-order chi connectivity index (χ1) is 13.5. The molecule has 0 radical (unpaired) electrons. The lowest BCUT2D eigenvalue weighted by Gasteiger charge is -2.15. The van der Waals surface area contributed by atoms with Crippen LogP contribution in [-0.4, -0.2) is 35.7 Å². The van der Waals surface area contributed by atoms with Crippen molar-refractivity contribution in [2.75, 3.05) is 19.5 Å². The molecule has 0 bridgehead atoms. The largest absolute Gasteiger partial charge is 0.493 e. The van der Waals surface area contributed by atoms with Crippen LogP contribution in [0.2, 0.25) is 4.34 Å². The summed E-state index contributed by atoms with van der Waals surface area (Å²) >= 11 is 8.20. The van der Waals surface area contributed by atoms with Gasteiger partial charge in [0.25, 0.3) is 5.91 Å². The van der Waals surface area contributed by atoms with Gasteiger partial charge in [0, 0.05) is 23.7 Å². The second-order valence-corrected chi connectivity index (χ2v) is 7.56. The van der Waals surface area contributed by atoms with Crippen LogP contribution in [0, 0.1) is 0 Å². The van der Waals surface area contributed by atoms with Gasteiger partial charge in [-0.15, -0.1) is 16.4 Å². The van der Waals surface area contributed by atoms with Crippen molar-refractivity contribution in [1.29, 1.82) is 0 Å². The third-order valence-corrected chi connectivity index (χ3v) is 5.44. The van der Waals surface area contributed by atoms with Gasteiger partial charge in [-0.1, -0.05) is 22.2 Å². The summed E-state index contributed by atoms with van der Waals surface area (Å²) in [7, 11) is 2.90. The number of anilines is 1. The van der Waals surface area contributed by atoms with Gasteiger partial charge < -0.3 is 19.5 Å². The summed E-state index contributed by atoms with van der Waals surface area (Å²) in [4.78, 5) is 25.6. The Balaban J connectivity index is 1.89. The molecular weight excluding hydrogens is 426 g/mol. The van der Waals surface area contributed by atoms with E-state index < -0.39 is 5.97 Å². The first kappa shape index (κ1) is 20.1. The fourth-order valence-corrected chi connectivity index (χ4v) is 3.46. The molecule has 0 aliphatic carbocycles. The number of carbonyl (C=O) groups excluding carboxylic acids is 2. The number of nitrogens with one attached hydrogen (secondary N) is 1. The third kappa shape index (κ3) is 4.41. The Morgan fingerprint density at radius 1 is 1.21 bits per heavy atom. The number of aromatic nitrogens is 2. The molecule has 0 saturated heterocycles. The average molecular weight is 440 g/mol. The van der Waals surface area contributed by atoms with Gasteiger partial charge in [0.1, 0.15) is 16.6 Å². The van der Waals surface area contributed by atoms with E-state index in [-0.39, 0.29) is 23.8 Å². The van der Waals surface area contributed by atoms with E-state index in [1.807, 2.05) is 0 Å². The van der Waals surface area contributed by atoms with Crippen molar-refractivity contribution in [2.45, 2.75) is 6.61 Å². The van der Waals surface area contributed by atoms with E-state index in [0.29, 0.717) is 26.4 Å². The van der Waals surface area contributed by atoms with Gasteiger partial charge in [-0.05, 0) is 11.4 Å². The molecule has 0 fully saturated rings. The van der Waals surface area contributed by atoms with Crippen molar-refractivity contribution >= 4 is 52.0 Å². The lowest BCUT2D eigenvalue weighted by Crippen LogP contribution is -2.15. The van der Waals surface area contributed by atoms with E-state index in [2.05, 4.69) is 14.9 Å². The van der Waals surface area contributed by atoms with E-state index in [1.54, 1.807) is 17.5 Å². The molecule has 0 aliphatic rings. The molecular formula is C17H14ClN3O5S2. The molecule has 0 aliphatic heterocycles. The normalized spacial score (nSPS) is 10.4. The molecule has 1 aromatic carbocycles. The van der Waals surface area contributed by atoms with E-state index in [1.165, 1.54) is 37.7 Å². The second-order valence-electron chi connectivity index (χ2n) is 5.25. The fraction of sp³-hybridized carbons (Fsp3) is 0.176. The number of methoxy groups -OCH3 is 2. The number of carbonyl (C=O) groups is 2. The maximum atomic E-state index is 12.7. The quantitative estimate of drug-likeness (QED) is 0.557. The van der Waals surface area contributed by atoms with Gasteiger partial charge in [-0.3, -0.25) is 4.79 Å². The summed E-state index contributed by atoms with van der Waals surface area (Å²) in [5, 5.41) is 8.28. The van der Waals surface area contributed by atoms with Crippen molar-refractivity contribution in [3.8, 4) is 11.5 Å². The van der Waals surface area contributed by atoms with E-state index in [4.69, 9.17) is 25.8 Å². The standard InChI is InChI=1S/C17H14ClN3O5S2/c1-24-12-6-9(17(23)26-8-11-15(18)28-21-20-11)10(7-13(12)25-2)19-16(22)14-4-3-5-27-14/h3-7H,8H2,1-2H3,(H,19,22). The zero-order valence-corrected chi connectivity index (χ0v) is 17.1. The van der Waals surface area contributed by atoms with Crippen LogP contribution >= 0.6 is 34.5 Å². The summed E-state index contributed by atoms with van der Waals surface area (Å²) in [5.74, 6) is -0.376. The van der Waals surface area contributed by atoms with E-state index in [9.17, 15) is 9.59 Å². The Bertz CT molecular complexity index is 991. The highest BCUT2D eigenvalue weighted by atomic mass is 35.5. The number of thiophene rings is 1. The van der Waals surface area contributed by atoms with Crippen LogP contribution < -0.4 is 14.8 Å². The maximum absolute atomic E-state index is 12.7. The zero-order chi connectivity index (χ0) is 20.1. The van der Waals surface area contributed by atoms with Crippen LogP contribution in [0.3, 0.4) is 0 Å². The summed E-state index contributed by atoms with van der Waals surface area (Å²) in [6.45, 7) is -0.152. The molecule has 1 amide bonds. The van der Waals surface area contributed by atoms with E-state index >= 15 is 0 Å². The van der Waals surface area contributed by atoms with Crippen LogP contribution in [0.25, 0.3) is 0 Å². The Morgan fingerprint density at radius 2 is 1.96 bits per heavy atom. The van der Waals surface area contributed by atoms with E-state index in [0.717, 1.165) is 11.5 Å². The number of amides is 1. The Kier molecular flexibility index (Phi) is 6.45. The fourth-order valence-electron chi connectivity index (χ4n) is 2.24. The molecule has 0 spiro atoms. The number of hydrogen-bond donors (Lipinski definition) is 1. The number of ether oxygens (including phenoxy) is 3. The molecule has 2 heterocycles. The molecule has 0 unspecified atom stereocenters. The van der Waals surface area contributed by atoms with Crippen LogP contribution in [-0.2, 0) is 11.3 Å². The van der Waals surface area contributed by atoms with Gasteiger partial charge in [-0.25, -0.2) is 4.79 Å². The molecule has 2 aromatic heterocycles. The molecule has 3 rings (SSSR count). The van der Waals surface area contributed by atoms with Gasteiger partial charge in [0.2, 0.25) is 0 Å². The minimum atomic E-state index is -0.688. The van der Waals surface area contributed by atoms with Gasteiger partial charge >= 0.3 is 5.97 Å². The van der Waals surface area contributed by atoms with Crippen LogP contribution in [0.5, 0.6) is 11.5 Å². The topological polar surface area (TPSA) is 99.6 Å². The molecule has 0 atom stereocenters. The van der Waals surface area contributed by atoms with Crippen molar-refractivity contribution in [2.24, 2.45) is 0 Å². The average Bonchev–Trinajstić information content (AvgIpc) is 3.37. The molecule has 3 aromatic rings. The summed E-state index contributed by atoms with van der Waals surface area (Å²) < 4.78 is 19.8. The summed E-state index contributed by atoms with van der Waals surface area (Å²) in [6, 6.07) is 6.37. The van der Waals surface area contributed by atoms with Crippen molar-refractivity contribution in [3.63, 3.8) is 0 Å². The smallest absolute Gasteiger partial charge is 0.340 e. The highest BCUT2D eigenvalue weighted by Crippen LogP contribution is 2.34. The number of hydrogen-bond acceptors (Lipinski definition) is 9. The zero-order valence-electron chi connectivity index (χ0n) is 14.7. The minimum absolute atomic E-state index is 0.0990. The molecule has 146 valence electrons. The molecule has 8 nitrogen and oxygen atoms in total. The molecule has 0 saturated carbocycles. The molecule has 1 N–H and O–H groups in total. The highest BCUT2D eigenvalue weighted by molar-refractivity contribution is 7.12. The first-order valence-electron chi connectivity index (χ1n) is 7.78. The number of rotatable bonds is 7. The number of esters is 1. The van der Waals surface area contributed by atoms with Crippen LogP contribution in [0.4, 0.5) is 5.69 Å². The molecule has 11 heteroatoms. The molecule has 28 heavy (non-hydrogen) atoms. The lowest BCUT2D eigenvalue weighted by molar-refractivity contribution is 0.0468. The first-order valence-corrected chi connectivity index (χ1v) is 9.81. The monoisotopic (exact) mass is 439 g/mol. The van der Waals surface area contributed by atoms with Crippen LogP contribution in [0.15, 0.2) is 29.6 Å². The van der Waals surface area contributed by atoms with Crippen LogP contribution in [0.1, 0.15) is 25.7 Å². The van der Waals surface area contributed by atoms with Gasteiger partial charge in [-0.2, -0.15) is 0 Å².